The van der Waals surface area contributed by atoms with Gasteiger partial charge in [-0.2, -0.15) is 5.26 Å². The zero-order valence-electron chi connectivity index (χ0n) is 20.3. The zero-order valence-corrected chi connectivity index (χ0v) is 20.3. The molecule has 1 saturated heterocycles. The van der Waals surface area contributed by atoms with Gasteiger partial charge in [-0.3, -0.25) is 4.79 Å². The molecule has 1 amide bonds. The molecule has 0 radical (unpaired) electrons. The van der Waals surface area contributed by atoms with Crippen LogP contribution in [0.25, 0.3) is 11.3 Å². The highest BCUT2D eigenvalue weighted by Crippen LogP contribution is 2.28. The van der Waals surface area contributed by atoms with E-state index < -0.39 is 5.97 Å². The number of morpholine rings is 1. The van der Waals surface area contributed by atoms with Gasteiger partial charge in [0.25, 0.3) is 5.91 Å². The molecule has 36 heavy (non-hydrogen) atoms. The van der Waals surface area contributed by atoms with Crippen molar-refractivity contribution in [2.45, 2.75) is 6.92 Å². The van der Waals surface area contributed by atoms with Crippen LogP contribution in [0.15, 0.2) is 48.7 Å². The molecule has 3 aromatic rings. The van der Waals surface area contributed by atoms with Gasteiger partial charge in [-0.1, -0.05) is 12.1 Å². The minimum atomic E-state index is -0.428. The van der Waals surface area contributed by atoms with Crippen LogP contribution in [-0.2, 0) is 9.47 Å². The Hall–Kier alpha value is -4.49. The van der Waals surface area contributed by atoms with Gasteiger partial charge in [0.2, 0.25) is 5.95 Å². The second-order valence-electron chi connectivity index (χ2n) is 8.21. The predicted octanol–water partition coefficient (Wildman–Crippen LogP) is 3.37. The lowest BCUT2D eigenvalue weighted by Crippen LogP contribution is -2.37. The number of ether oxygens (including phenoxy) is 2. The Balaban J connectivity index is 1.60. The fourth-order valence-corrected chi connectivity index (χ4v) is 3.90. The maximum atomic E-state index is 12.5. The molecule has 0 spiro atoms. The number of carbonyl (C=O) groups is 2. The van der Waals surface area contributed by atoms with Crippen molar-refractivity contribution >= 4 is 29.2 Å². The van der Waals surface area contributed by atoms with Crippen LogP contribution in [0.4, 0.5) is 17.3 Å². The largest absolute Gasteiger partial charge is 0.465 e. The SMILES string of the molecule is COC(=O)c1cc(Nc2ncc(C)c(-c3ccc(C(=O)N(C)C#N)cc3)n2)ccc1N1CCOCC1. The summed E-state index contributed by atoms with van der Waals surface area (Å²) in [5.74, 6) is -0.454. The van der Waals surface area contributed by atoms with Crippen molar-refractivity contribution in [2.24, 2.45) is 0 Å². The van der Waals surface area contributed by atoms with Gasteiger partial charge in [0.05, 0.1) is 37.3 Å². The van der Waals surface area contributed by atoms with E-state index in [9.17, 15) is 9.59 Å². The van der Waals surface area contributed by atoms with E-state index in [0.717, 1.165) is 21.7 Å². The first kappa shape index (κ1) is 24.6. The zero-order chi connectivity index (χ0) is 25.7. The monoisotopic (exact) mass is 486 g/mol. The third-order valence-electron chi connectivity index (χ3n) is 5.84. The average Bonchev–Trinajstić information content (AvgIpc) is 2.93. The first-order valence-electron chi connectivity index (χ1n) is 11.3. The summed E-state index contributed by atoms with van der Waals surface area (Å²) in [6, 6.07) is 12.4. The van der Waals surface area contributed by atoms with Crippen LogP contribution in [0.2, 0.25) is 0 Å². The van der Waals surface area contributed by atoms with Crippen molar-refractivity contribution in [3.8, 4) is 17.5 Å². The van der Waals surface area contributed by atoms with Crippen molar-refractivity contribution in [1.29, 1.82) is 5.26 Å². The summed E-state index contributed by atoms with van der Waals surface area (Å²) in [4.78, 5) is 36.8. The Labute approximate surface area is 209 Å². The van der Waals surface area contributed by atoms with Gasteiger partial charge in [-0.15, -0.1) is 0 Å². The first-order valence-corrected chi connectivity index (χ1v) is 11.3. The molecule has 1 aliphatic rings. The Morgan fingerprint density at radius 2 is 1.89 bits per heavy atom. The van der Waals surface area contributed by atoms with Crippen LogP contribution in [0.3, 0.4) is 0 Å². The summed E-state index contributed by atoms with van der Waals surface area (Å²) in [7, 11) is 2.78. The maximum absolute atomic E-state index is 12.5. The van der Waals surface area contributed by atoms with Gasteiger partial charge in [-0.25, -0.2) is 19.7 Å². The van der Waals surface area contributed by atoms with Gasteiger partial charge in [0, 0.05) is 43.1 Å². The van der Waals surface area contributed by atoms with E-state index in [-0.39, 0.29) is 5.91 Å². The van der Waals surface area contributed by atoms with E-state index in [1.807, 2.05) is 19.1 Å². The van der Waals surface area contributed by atoms with Crippen molar-refractivity contribution in [3.05, 3.63) is 65.4 Å². The minimum absolute atomic E-state index is 0.356. The standard InChI is InChI=1S/C26H26N6O4/c1-17-15-28-26(30-23(17)18-4-6-19(7-5-18)24(33)31(2)16-27)29-20-8-9-22(21(14-20)25(34)35-3)32-10-12-36-13-11-32/h4-9,14-15H,10-13H2,1-3H3,(H,28,29,30). The van der Waals surface area contributed by atoms with Gasteiger partial charge in [-0.05, 0) is 42.8 Å². The second-order valence-corrected chi connectivity index (χ2v) is 8.21. The molecule has 0 atom stereocenters. The Morgan fingerprint density at radius 1 is 1.17 bits per heavy atom. The molecule has 1 fully saturated rings. The normalized spacial score (nSPS) is 13.0. The number of esters is 1. The third-order valence-corrected chi connectivity index (χ3v) is 5.84. The van der Waals surface area contributed by atoms with Crippen molar-refractivity contribution in [2.75, 3.05) is 50.7 Å². The van der Waals surface area contributed by atoms with E-state index in [0.29, 0.717) is 54.8 Å². The van der Waals surface area contributed by atoms with E-state index >= 15 is 0 Å². The number of nitriles is 1. The summed E-state index contributed by atoms with van der Waals surface area (Å²) < 4.78 is 10.4. The molecule has 2 aromatic carbocycles. The highest BCUT2D eigenvalue weighted by Gasteiger charge is 2.20. The summed E-state index contributed by atoms with van der Waals surface area (Å²) in [5.41, 5.74) is 4.63. The first-order chi connectivity index (χ1) is 17.4. The van der Waals surface area contributed by atoms with Crippen LogP contribution in [0.1, 0.15) is 26.3 Å². The van der Waals surface area contributed by atoms with E-state index in [4.69, 9.17) is 14.7 Å². The number of anilines is 3. The lowest BCUT2D eigenvalue weighted by atomic mass is 10.1. The lowest BCUT2D eigenvalue weighted by molar-refractivity contribution is 0.0600. The molecule has 1 aromatic heterocycles. The van der Waals surface area contributed by atoms with Crippen LogP contribution >= 0.6 is 0 Å². The van der Waals surface area contributed by atoms with Crippen molar-refractivity contribution in [3.63, 3.8) is 0 Å². The molecule has 1 N–H and O–H groups in total. The molecular formula is C26H26N6O4. The molecule has 10 nitrogen and oxygen atoms in total. The van der Waals surface area contributed by atoms with Gasteiger partial charge < -0.3 is 19.7 Å². The van der Waals surface area contributed by atoms with Crippen LogP contribution in [0.5, 0.6) is 0 Å². The number of hydrogen-bond acceptors (Lipinski definition) is 9. The molecule has 184 valence electrons. The summed E-state index contributed by atoms with van der Waals surface area (Å²) in [6.07, 6.45) is 3.51. The third kappa shape index (κ3) is 5.26. The minimum Gasteiger partial charge on any atom is -0.465 e. The van der Waals surface area contributed by atoms with E-state index in [1.165, 1.54) is 14.2 Å². The summed E-state index contributed by atoms with van der Waals surface area (Å²) in [5, 5.41) is 12.1. The summed E-state index contributed by atoms with van der Waals surface area (Å²) >= 11 is 0. The Bertz CT molecular complexity index is 1310. The predicted molar refractivity (Wildman–Crippen MR) is 134 cm³/mol. The number of nitrogens with one attached hydrogen (secondary N) is 1. The maximum Gasteiger partial charge on any atom is 0.340 e. The Morgan fingerprint density at radius 3 is 2.56 bits per heavy atom. The van der Waals surface area contributed by atoms with Gasteiger partial charge in [0.1, 0.15) is 0 Å². The highest BCUT2D eigenvalue weighted by atomic mass is 16.5. The summed E-state index contributed by atoms with van der Waals surface area (Å²) in [6.45, 7) is 4.49. The molecule has 1 aliphatic heterocycles. The molecule has 2 heterocycles. The topological polar surface area (TPSA) is 121 Å². The van der Waals surface area contributed by atoms with Crippen LogP contribution < -0.4 is 10.2 Å². The van der Waals surface area contributed by atoms with Crippen molar-refractivity contribution in [1.82, 2.24) is 14.9 Å². The van der Waals surface area contributed by atoms with E-state index in [1.54, 1.807) is 42.7 Å². The average molecular weight is 487 g/mol. The van der Waals surface area contributed by atoms with Crippen LogP contribution in [-0.4, -0.2) is 67.2 Å². The number of nitrogens with zero attached hydrogens (tertiary/aromatic N) is 5. The molecule has 10 heteroatoms. The molecule has 0 unspecified atom stereocenters. The van der Waals surface area contributed by atoms with Crippen molar-refractivity contribution < 1.29 is 19.1 Å². The lowest BCUT2D eigenvalue weighted by Gasteiger charge is -2.30. The highest BCUT2D eigenvalue weighted by molar-refractivity contribution is 5.97. The fraction of sp³-hybridized carbons (Fsp3) is 0.269. The van der Waals surface area contributed by atoms with Gasteiger partial charge >= 0.3 is 5.97 Å². The smallest absolute Gasteiger partial charge is 0.340 e. The number of carbonyl (C=O) groups excluding carboxylic acids is 2. The number of rotatable bonds is 6. The Kier molecular flexibility index (Phi) is 7.42. The van der Waals surface area contributed by atoms with E-state index in [2.05, 4.69) is 20.2 Å². The molecule has 0 aliphatic carbocycles. The number of methoxy groups -OCH3 is 1. The molecule has 0 bridgehead atoms. The number of benzene rings is 2. The molecular weight excluding hydrogens is 460 g/mol. The molecule has 4 rings (SSSR count). The second kappa shape index (κ2) is 10.8. The van der Waals surface area contributed by atoms with Gasteiger partial charge in [0.15, 0.2) is 6.19 Å². The number of aromatic nitrogens is 2. The number of aryl methyl sites for hydroxylation is 1. The van der Waals surface area contributed by atoms with Crippen LogP contribution in [0, 0.1) is 18.4 Å². The quantitative estimate of drug-likeness (QED) is 0.317. The molecule has 0 saturated carbocycles. The number of amides is 1. The number of hydrogen-bond donors (Lipinski definition) is 1. The fourth-order valence-electron chi connectivity index (χ4n) is 3.90.